The molecule has 0 heterocycles. The van der Waals surface area contributed by atoms with Crippen LogP contribution in [0.1, 0.15) is 239 Å². The van der Waals surface area contributed by atoms with Gasteiger partial charge in [-0.15, -0.1) is 0 Å². The Hall–Kier alpha value is -2.15. The number of ether oxygens (including phenoxy) is 1. The van der Waals surface area contributed by atoms with Crippen molar-refractivity contribution in [3.05, 3.63) is 24.3 Å². The number of nitrogens with two attached hydrogens (primary N) is 1. The van der Waals surface area contributed by atoms with Gasteiger partial charge in [0.2, 0.25) is 5.91 Å². The third-order valence-corrected chi connectivity index (χ3v) is 10.5. The van der Waals surface area contributed by atoms with Crippen molar-refractivity contribution >= 4 is 17.8 Å². The van der Waals surface area contributed by atoms with Crippen LogP contribution in [0.3, 0.4) is 0 Å². The van der Waals surface area contributed by atoms with Crippen molar-refractivity contribution in [3.63, 3.8) is 0 Å². The number of hydrogen-bond acceptors (Lipinski definition) is 5. The zero-order valence-electron chi connectivity index (χ0n) is 35.6. The summed E-state index contributed by atoms with van der Waals surface area (Å²) in [5, 5.41) is 11.9. The van der Waals surface area contributed by atoms with Crippen molar-refractivity contribution in [1.29, 1.82) is 0 Å². The molecular weight excluding hydrogens is 673 g/mol. The number of hydrogen-bond donors (Lipinski definition) is 3. The lowest BCUT2D eigenvalue weighted by Gasteiger charge is -2.18. The van der Waals surface area contributed by atoms with Gasteiger partial charge in [0.05, 0.1) is 0 Å². The van der Waals surface area contributed by atoms with Crippen molar-refractivity contribution in [2.45, 2.75) is 251 Å². The van der Waals surface area contributed by atoms with Gasteiger partial charge in [-0.2, -0.15) is 0 Å². The Morgan fingerprint density at radius 2 is 0.963 bits per heavy atom. The van der Waals surface area contributed by atoms with Gasteiger partial charge in [-0.1, -0.05) is 167 Å². The summed E-state index contributed by atoms with van der Waals surface area (Å²) in [6, 6.07) is -0.858. The standard InChI is InChI=1S/C47H88N2O5/c1-3-5-7-9-11-13-15-17-18-20-21-23-25-28-32-37-43(38-33-29-27-30-34-40-45(50)49-44(47(52)53)39-36-42-48)54-46(51)41-35-31-26-24-22-19-16-14-12-10-8-6-4-2/h15,17,20-21,43-44H,3-14,16,18-19,22-42,48H2,1-2H3,(H,49,50)(H,52,53)/b17-15-,21-20-. The second-order valence-corrected chi connectivity index (χ2v) is 15.8. The number of carbonyl (C=O) groups is 3. The molecule has 0 fully saturated rings. The van der Waals surface area contributed by atoms with E-state index >= 15 is 0 Å². The van der Waals surface area contributed by atoms with Gasteiger partial charge in [-0.05, 0) is 90.0 Å². The van der Waals surface area contributed by atoms with Crippen LogP contribution in [-0.2, 0) is 19.1 Å². The number of nitrogens with one attached hydrogen (secondary N) is 1. The highest BCUT2D eigenvalue weighted by Crippen LogP contribution is 2.19. The average Bonchev–Trinajstić information content (AvgIpc) is 3.16. The maximum absolute atomic E-state index is 12.8. The fourth-order valence-electron chi connectivity index (χ4n) is 7.01. The quantitative estimate of drug-likeness (QED) is 0.0324. The number of amides is 1. The summed E-state index contributed by atoms with van der Waals surface area (Å²) < 4.78 is 6.05. The summed E-state index contributed by atoms with van der Waals surface area (Å²) in [4.78, 5) is 36.4. The van der Waals surface area contributed by atoms with Crippen LogP contribution in [0.25, 0.3) is 0 Å². The van der Waals surface area contributed by atoms with E-state index in [0.717, 1.165) is 83.5 Å². The fourth-order valence-corrected chi connectivity index (χ4v) is 7.01. The maximum Gasteiger partial charge on any atom is 0.326 e. The average molecular weight is 761 g/mol. The molecule has 0 aromatic rings. The van der Waals surface area contributed by atoms with E-state index in [9.17, 15) is 19.5 Å². The Labute approximate surface area is 333 Å². The summed E-state index contributed by atoms with van der Waals surface area (Å²) in [5.41, 5.74) is 5.49. The topological polar surface area (TPSA) is 119 Å². The van der Waals surface area contributed by atoms with Gasteiger partial charge in [0, 0.05) is 12.8 Å². The van der Waals surface area contributed by atoms with E-state index in [0.29, 0.717) is 32.2 Å². The molecular formula is C47H88N2O5. The summed E-state index contributed by atoms with van der Waals surface area (Å²) in [5.74, 6) is -1.24. The molecule has 0 radical (unpaired) electrons. The van der Waals surface area contributed by atoms with Gasteiger partial charge < -0.3 is 20.9 Å². The number of carboxylic acid groups (broad SMARTS) is 1. The molecule has 1 amide bonds. The van der Waals surface area contributed by atoms with Crippen molar-refractivity contribution in [2.75, 3.05) is 6.54 Å². The first-order chi connectivity index (χ1) is 26.4. The molecule has 0 aliphatic heterocycles. The molecule has 0 aromatic carbocycles. The molecule has 0 aromatic heterocycles. The number of unbranched alkanes of at least 4 members (excludes halogenated alkanes) is 24. The third kappa shape index (κ3) is 38.1. The summed E-state index contributed by atoms with van der Waals surface area (Å²) in [6.07, 6.45) is 47.9. The Bertz CT molecular complexity index is 905. The number of rotatable bonds is 42. The summed E-state index contributed by atoms with van der Waals surface area (Å²) in [6.45, 7) is 4.94. The van der Waals surface area contributed by atoms with Gasteiger partial charge in [0.1, 0.15) is 12.1 Å². The van der Waals surface area contributed by atoms with E-state index < -0.39 is 12.0 Å². The first kappa shape index (κ1) is 51.9. The first-order valence-electron chi connectivity index (χ1n) is 23.2. The Morgan fingerprint density at radius 1 is 0.537 bits per heavy atom. The molecule has 2 unspecified atom stereocenters. The molecule has 0 rings (SSSR count). The maximum atomic E-state index is 12.8. The largest absolute Gasteiger partial charge is 0.480 e. The highest BCUT2D eigenvalue weighted by atomic mass is 16.5. The number of esters is 1. The van der Waals surface area contributed by atoms with Crippen LogP contribution in [0.15, 0.2) is 24.3 Å². The van der Waals surface area contributed by atoms with Crippen LogP contribution in [0.5, 0.6) is 0 Å². The van der Waals surface area contributed by atoms with Gasteiger partial charge in [-0.25, -0.2) is 4.79 Å². The van der Waals surface area contributed by atoms with E-state index in [2.05, 4.69) is 43.5 Å². The monoisotopic (exact) mass is 761 g/mol. The predicted molar refractivity (Wildman–Crippen MR) is 230 cm³/mol. The van der Waals surface area contributed by atoms with Crippen LogP contribution >= 0.6 is 0 Å². The van der Waals surface area contributed by atoms with Crippen LogP contribution in [0, 0.1) is 0 Å². The van der Waals surface area contributed by atoms with Gasteiger partial charge >= 0.3 is 11.9 Å². The smallest absolute Gasteiger partial charge is 0.326 e. The van der Waals surface area contributed by atoms with Crippen LogP contribution in [-0.4, -0.2) is 41.6 Å². The lowest BCUT2D eigenvalue weighted by atomic mass is 10.0. The normalized spacial score (nSPS) is 12.8. The molecule has 0 spiro atoms. The lowest BCUT2D eigenvalue weighted by molar-refractivity contribution is -0.150. The molecule has 4 N–H and O–H groups in total. The Morgan fingerprint density at radius 3 is 1.44 bits per heavy atom. The molecule has 0 aliphatic rings. The van der Waals surface area contributed by atoms with E-state index in [1.165, 1.54) is 116 Å². The van der Waals surface area contributed by atoms with Gasteiger partial charge in [0.25, 0.3) is 0 Å². The third-order valence-electron chi connectivity index (χ3n) is 10.5. The SMILES string of the molecule is CCCCCCC/C=C\C/C=C\CCCCCC(CCCCCCCC(=O)NC(CCCN)C(=O)O)OC(=O)CCCCCCCCCCCCCCC. The van der Waals surface area contributed by atoms with E-state index in [1.807, 2.05) is 0 Å². The molecule has 7 nitrogen and oxygen atoms in total. The van der Waals surface area contributed by atoms with Gasteiger partial charge in [0.15, 0.2) is 0 Å². The minimum atomic E-state index is -1.00. The second kappa shape index (κ2) is 42.0. The predicted octanol–water partition coefficient (Wildman–Crippen LogP) is 13.2. The van der Waals surface area contributed by atoms with Crippen LogP contribution in [0.2, 0.25) is 0 Å². The highest BCUT2D eigenvalue weighted by Gasteiger charge is 2.19. The highest BCUT2D eigenvalue weighted by molar-refractivity contribution is 5.83. The van der Waals surface area contributed by atoms with Crippen molar-refractivity contribution in [2.24, 2.45) is 5.73 Å². The number of aliphatic carboxylic acids is 1. The molecule has 2 atom stereocenters. The minimum Gasteiger partial charge on any atom is -0.480 e. The fraction of sp³-hybridized carbons (Fsp3) is 0.851. The van der Waals surface area contributed by atoms with Crippen molar-refractivity contribution in [1.82, 2.24) is 5.32 Å². The lowest BCUT2D eigenvalue weighted by Crippen LogP contribution is -2.40. The number of carboxylic acids is 1. The molecule has 316 valence electrons. The number of allylic oxidation sites excluding steroid dienone is 4. The zero-order valence-corrected chi connectivity index (χ0v) is 35.6. The van der Waals surface area contributed by atoms with E-state index in [4.69, 9.17) is 10.5 Å². The second-order valence-electron chi connectivity index (χ2n) is 15.8. The number of carbonyl (C=O) groups excluding carboxylic acids is 2. The summed E-state index contributed by atoms with van der Waals surface area (Å²) in [7, 11) is 0. The van der Waals surface area contributed by atoms with Crippen molar-refractivity contribution in [3.8, 4) is 0 Å². The molecule has 7 heteroatoms. The van der Waals surface area contributed by atoms with E-state index in [1.54, 1.807) is 0 Å². The first-order valence-corrected chi connectivity index (χ1v) is 23.2. The minimum absolute atomic E-state index is 0.00521. The molecule has 54 heavy (non-hydrogen) atoms. The zero-order chi connectivity index (χ0) is 39.6. The van der Waals surface area contributed by atoms with Crippen LogP contribution < -0.4 is 11.1 Å². The summed E-state index contributed by atoms with van der Waals surface area (Å²) >= 11 is 0. The Kier molecular flexibility index (Phi) is 40.3. The Balaban J connectivity index is 4.37. The van der Waals surface area contributed by atoms with Crippen LogP contribution in [0.4, 0.5) is 0 Å². The molecule has 0 saturated carbocycles. The van der Waals surface area contributed by atoms with Crippen molar-refractivity contribution < 1.29 is 24.2 Å². The molecule has 0 bridgehead atoms. The van der Waals surface area contributed by atoms with E-state index in [-0.39, 0.29) is 18.0 Å². The molecule has 0 saturated heterocycles. The van der Waals surface area contributed by atoms with Gasteiger partial charge in [-0.3, -0.25) is 9.59 Å². The molecule has 0 aliphatic carbocycles.